The maximum atomic E-state index is 13.2. The molecule has 0 saturated carbocycles. The van der Waals surface area contributed by atoms with Crippen LogP contribution in [-0.4, -0.2) is 119 Å². The van der Waals surface area contributed by atoms with Crippen LogP contribution in [0.5, 0.6) is 0 Å². The minimum absolute atomic E-state index is 0.00408. The molecule has 4 aromatic rings. The van der Waals surface area contributed by atoms with Crippen molar-refractivity contribution in [1.29, 1.82) is 0 Å². The van der Waals surface area contributed by atoms with Gasteiger partial charge in [-0.25, -0.2) is 4.98 Å². The highest BCUT2D eigenvalue weighted by Gasteiger charge is 2.48. The Morgan fingerprint density at radius 1 is 0.917 bits per heavy atom. The fourth-order valence-electron chi connectivity index (χ4n) is 6.53. The smallest absolute Gasteiger partial charge is 0.305 e. The van der Waals surface area contributed by atoms with Gasteiger partial charge in [0.2, 0.25) is 23.6 Å². The highest BCUT2D eigenvalue weighted by Crippen LogP contribution is 2.27. The topological polar surface area (TPSA) is 267 Å². The maximum Gasteiger partial charge on any atom is 0.305 e. The Morgan fingerprint density at radius 3 is 2.35 bits per heavy atom. The van der Waals surface area contributed by atoms with Crippen LogP contribution in [0.15, 0.2) is 78.9 Å². The summed E-state index contributed by atoms with van der Waals surface area (Å²) in [5.74, 6) is -4.15. The number of para-hydroxylation sites is 2. The van der Waals surface area contributed by atoms with Crippen LogP contribution in [0.3, 0.4) is 0 Å². The minimum atomic E-state index is -1.50. The molecule has 5 amide bonds. The van der Waals surface area contributed by atoms with Crippen molar-refractivity contribution in [2.75, 3.05) is 19.8 Å². The number of hydrogen-bond acceptors (Lipinski definition) is 13. The number of pyridine rings is 1. The molecule has 8 atom stereocenters. The van der Waals surface area contributed by atoms with Gasteiger partial charge in [-0.05, 0) is 44.0 Å². The van der Waals surface area contributed by atoms with Crippen LogP contribution in [0.2, 0.25) is 0 Å². The molecule has 18 heteroatoms. The Bertz CT molecular complexity index is 2160. The number of benzene rings is 3. The summed E-state index contributed by atoms with van der Waals surface area (Å²) in [6.07, 6.45) is -7.03. The number of aromatic nitrogens is 1. The molecule has 5 rings (SSSR count). The number of amides is 5. The van der Waals surface area contributed by atoms with Crippen molar-refractivity contribution in [3.63, 3.8) is 0 Å². The van der Waals surface area contributed by atoms with Gasteiger partial charge in [0.25, 0.3) is 5.91 Å². The van der Waals surface area contributed by atoms with E-state index in [4.69, 9.17) is 24.7 Å². The standard InChI is InChI=1S/C42H50N6O12/c1-23(45-40(55)24(2)59-37-35(46-25(3)50)42(60-32(21-49)36(37)52)58-22-26-10-5-4-6-11-26)39(54)48-31(38(43)53)16-17-33(51)57-19-18-44-41(56)29-14-9-13-28-20-27-12-7-8-15-30(27)47-34(28)29/h4-15,20,23-24,31-32,35-37,42,49,52H,16-19,21-22H2,1-3H3,(H2,43,53)(H,44,56)(H,45,55)(H,46,50)(H,48,54)/t23-,24?,31+,32+,35+,36+,37+,42-/m0/s1. The molecule has 320 valence electrons. The van der Waals surface area contributed by atoms with E-state index in [1.54, 1.807) is 12.1 Å². The molecule has 1 aliphatic heterocycles. The van der Waals surface area contributed by atoms with Crippen molar-refractivity contribution in [3.8, 4) is 0 Å². The van der Waals surface area contributed by atoms with Gasteiger partial charge in [0.05, 0.1) is 36.4 Å². The van der Waals surface area contributed by atoms with Crippen molar-refractivity contribution in [3.05, 3.63) is 90.0 Å². The average Bonchev–Trinajstić information content (AvgIpc) is 3.23. The summed E-state index contributed by atoms with van der Waals surface area (Å²) in [6, 6.07) is 20.2. The Labute approximate surface area is 345 Å². The van der Waals surface area contributed by atoms with E-state index >= 15 is 0 Å². The van der Waals surface area contributed by atoms with Crippen molar-refractivity contribution in [2.24, 2.45) is 5.73 Å². The first-order valence-corrected chi connectivity index (χ1v) is 19.4. The van der Waals surface area contributed by atoms with Gasteiger partial charge in [0.1, 0.15) is 49.1 Å². The number of rotatable bonds is 19. The third kappa shape index (κ3) is 12.0. The molecule has 1 aromatic heterocycles. The number of fused-ring (bicyclic) bond motifs is 2. The largest absolute Gasteiger partial charge is 0.464 e. The fourth-order valence-corrected chi connectivity index (χ4v) is 6.53. The molecule has 8 N–H and O–H groups in total. The summed E-state index contributed by atoms with van der Waals surface area (Å²) in [7, 11) is 0. The molecule has 1 unspecified atom stereocenters. The predicted molar refractivity (Wildman–Crippen MR) is 215 cm³/mol. The summed E-state index contributed by atoms with van der Waals surface area (Å²) in [4.78, 5) is 80.8. The van der Waals surface area contributed by atoms with Gasteiger partial charge in [0, 0.05) is 24.1 Å². The highest BCUT2D eigenvalue weighted by molar-refractivity contribution is 6.07. The van der Waals surface area contributed by atoms with E-state index in [9.17, 15) is 39.0 Å². The number of hydrogen-bond donors (Lipinski definition) is 7. The predicted octanol–water partition coefficient (Wildman–Crippen LogP) is 0.489. The number of nitrogens with one attached hydrogen (secondary N) is 4. The van der Waals surface area contributed by atoms with E-state index in [1.807, 2.05) is 66.7 Å². The average molecular weight is 831 g/mol. The van der Waals surface area contributed by atoms with E-state index in [-0.39, 0.29) is 32.6 Å². The zero-order valence-electron chi connectivity index (χ0n) is 33.4. The van der Waals surface area contributed by atoms with Gasteiger partial charge in [-0.2, -0.15) is 0 Å². The number of carbonyl (C=O) groups excluding carboxylic acids is 6. The van der Waals surface area contributed by atoms with E-state index in [0.717, 1.165) is 21.9 Å². The number of nitrogens with zero attached hydrogens (tertiary/aromatic N) is 1. The molecule has 1 saturated heterocycles. The molecule has 60 heavy (non-hydrogen) atoms. The van der Waals surface area contributed by atoms with Gasteiger partial charge in [-0.1, -0.05) is 60.7 Å². The zero-order valence-corrected chi connectivity index (χ0v) is 33.4. The molecule has 0 bridgehead atoms. The van der Waals surface area contributed by atoms with Gasteiger partial charge >= 0.3 is 5.97 Å². The molecule has 2 heterocycles. The molecule has 0 spiro atoms. The second kappa shape index (κ2) is 21.3. The monoisotopic (exact) mass is 830 g/mol. The lowest BCUT2D eigenvalue weighted by molar-refractivity contribution is -0.283. The second-order valence-electron chi connectivity index (χ2n) is 14.2. The second-order valence-corrected chi connectivity index (χ2v) is 14.2. The number of ether oxygens (including phenoxy) is 4. The lowest BCUT2D eigenvalue weighted by atomic mass is 9.96. The van der Waals surface area contributed by atoms with Crippen LogP contribution in [0.1, 0.15) is 49.5 Å². The lowest BCUT2D eigenvalue weighted by Crippen LogP contribution is -2.66. The number of aliphatic hydroxyl groups is 2. The van der Waals surface area contributed by atoms with Gasteiger partial charge < -0.3 is 56.2 Å². The van der Waals surface area contributed by atoms with Crippen LogP contribution < -0.4 is 27.0 Å². The summed E-state index contributed by atoms with van der Waals surface area (Å²) >= 11 is 0. The van der Waals surface area contributed by atoms with Crippen molar-refractivity contribution >= 4 is 57.3 Å². The van der Waals surface area contributed by atoms with Crippen molar-refractivity contribution < 1.29 is 57.9 Å². The molecule has 0 aliphatic carbocycles. The number of aliphatic hydroxyl groups excluding tert-OH is 2. The molecular weight excluding hydrogens is 780 g/mol. The molecule has 18 nitrogen and oxygen atoms in total. The summed E-state index contributed by atoms with van der Waals surface area (Å²) in [5, 5.41) is 32.9. The number of esters is 1. The molecule has 0 radical (unpaired) electrons. The Hall–Kier alpha value is -6.05. The molecular formula is C42H50N6O12. The Balaban J connectivity index is 1.08. The molecule has 1 fully saturated rings. The van der Waals surface area contributed by atoms with Crippen LogP contribution in [0, 0.1) is 0 Å². The first-order chi connectivity index (χ1) is 28.7. The first kappa shape index (κ1) is 45.0. The summed E-state index contributed by atoms with van der Waals surface area (Å²) in [6.45, 7) is 3.20. The summed E-state index contributed by atoms with van der Waals surface area (Å²) in [5.41, 5.74) is 7.92. The van der Waals surface area contributed by atoms with Gasteiger partial charge in [-0.15, -0.1) is 0 Å². The third-order valence-electron chi connectivity index (χ3n) is 9.70. The number of carbonyl (C=O) groups is 6. The van der Waals surface area contributed by atoms with Crippen molar-refractivity contribution in [2.45, 2.75) is 89.1 Å². The van der Waals surface area contributed by atoms with Crippen molar-refractivity contribution in [1.82, 2.24) is 26.3 Å². The Kier molecular flexibility index (Phi) is 16.0. The highest BCUT2D eigenvalue weighted by atomic mass is 16.7. The molecule has 1 aliphatic rings. The van der Waals surface area contributed by atoms with E-state index in [2.05, 4.69) is 26.3 Å². The zero-order chi connectivity index (χ0) is 43.3. The van der Waals surface area contributed by atoms with Crippen LogP contribution in [0.25, 0.3) is 21.8 Å². The quantitative estimate of drug-likeness (QED) is 0.0386. The minimum Gasteiger partial charge on any atom is -0.464 e. The first-order valence-electron chi connectivity index (χ1n) is 19.4. The number of nitrogens with two attached hydrogens (primary N) is 1. The van der Waals surface area contributed by atoms with Crippen LogP contribution in [-0.2, 0) is 49.5 Å². The van der Waals surface area contributed by atoms with Gasteiger partial charge in [-0.3, -0.25) is 28.8 Å². The van der Waals surface area contributed by atoms with Crippen LogP contribution in [0.4, 0.5) is 0 Å². The van der Waals surface area contributed by atoms with E-state index < -0.39 is 90.9 Å². The van der Waals surface area contributed by atoms with Crippen LogP contribution >= 0.6 is 0 Å². The normalized spacial score (nSPS) is 20.3. The van der Waals surface area contributed by atoms with E-state index in [1.165, 1.54) is 20.8 Å². The van der Waals surface area contributed by atoms with Gasteiger partial charge in [0.15, 0.2) is 6.29 Å². The van der Waals surface area contributed by atoms with E-state index in [0.29, 0.717) is 11.1 Å². The SMILES string of the molecule is CC(=O)N[C@H]1[C@@H](OCc2ccccc2)O[C@H](CO)[C@@H](O)[C@@H]1OC(C)C(=O)N[C@@H](C)C(=O)N[C@H](CCC(=O)OCCNC(=O)c1cccc2cc3ccccc3nc12)C(N)=O. The maximum absolute atomic E-state index is 13.2. The third-order valence-corrected chi connectivity index (χ3v) is 9.70. The molecule has 3 aromatic carbocycles. The summed E-state index contributed by atoms with van der Waals surface area (Å²) < 4.78 is 22.8. The Morgan fingerprint density at radius 2 is 1.63 bits per heavy atom. The number of primary amides is 1. The fraction of sp³-hybridized carbons (Fsp3) is 0.405. The lowest BCUT2D eigenvalue weighted by Gasteiger charge is -2.44.